The maximum absolute atomic E-state index is 13.3. The fraction of sp³-hybridized carbons (Fsp3) is 0.348. The van der Waals surface area contributed by atoms with Gasteiger partial charge in [-0.3, -0.25) is 4.79 Å². The number of benzene rings is 1. The molecule has 30 heavy (non-hydrogen) atoms. The van der Waals surface area contributed by atoms with Gasteiger partial charge in [0, 0.05) is 22.6 Å². The average Bonchev–Trinajstić information content (AvgIpc) is 3.10. The molecule has 0 amide bonds. The lowest BCUT2D eigenvalue weighted by molar-refractivity contribution is -0.172. The monoisotopic (exact) mass is 404 g/mol. The van der Waals surface area contributed by atoms with E-state index in [0.717, 1.165) is 35.8 Å². The summed E-state index contributed by atoms with van der Waals surface area (Å²) in [6.07, 6.45) is 2.87. The molecule has 0 spiro atoms. The minimum absolute atomic E-state index is 0.113. The lowest BCUT2D eigenvalue weighted by Gasteiger charge is -2.31. The number of rotatable bonds is 1. The molecule has 6 rings (SSSR count). The van der Waals surface area contributed by atoms with E-state index >= 15 is 0 Å². The van der Waals surface area contributed by atoms with Crippen LogP contribution in [0.5, 0.6) is 5.75 Å². The summed E-state index contributed by atoms with van der Waals surface area (Å²) in [6, 6.07) is 5.19. The third kappa shape index (κ3) is 2.05. The Balaban J connectivity index is 1.68. The van der Waals surface area contributed by atoms with E-state index in [-0.39, 0.29) is 24.3 Å². The molecule has 2 aliphatic heterocycles. The fourth-order valence-corrected chi connectivity index (χ4v) is 5.31. The van der Waals surface area contributed by atoms with Gasteiger partial charge in [-0.15, -0.1) is 0 Å². The number of ether oxygens (including phenoxy) is 1. The first-order valence-corrected chi connectivity index (χ1v) is 10.3. The third-order valence-corrected chi connectivity index (χ3v) is 6.84. The van der Waals surface area contributed by atoms with Crippen LogP contribution in [0.2, 0.25) is 0 Å². The fourth-order valence-electron chi connectivity index (χ4n) is 5.31. The van der Waals surface area contributed by atoms with Crippen LogP contribution in [0.15, 0.2) is 23.0 Å². The first kappa shape index (κ1) is 17.7. The van der Waals surface area contributed by atoms with E-state index in [2.05, 4.69) is 0 Å². The number of carbonyl (C=O) groups is 1. The molecule has 0 saturated heterocycles. The van der Waals surface area contributed by atoms with Crippen LogP contribution < -0.4 is 5.56 Å². The standard InChI is InChI=1S/C23H20N2O5/c1-2-23(29)16-8-18-20-14(9-25(18)21(27)15(16)10-30-22(23)28)13-5-3-4-11-6-12(26)7-17(24-20)19(11)13/h6-8,26,29H,2-5,9-10H2,1H3/t23-/m0/s1. The van der Waals surface area contributed by atoms with Crippen LogP contribution in [0, 0.1) is 0 Å². The van der Waals surface area contributed by atoms with Gasteiger partial charge in [0.15, 0.2) is 5.60 Å². The lowest BCUT2D eigenvalue weighted by Crippen LogP contribution is -2.44. The van der Waals surface area contributed by atoms with Gasteiger partial charge in [-0.05, 0) is 48.9 Å². The Morgan fingerprint density at radius 1 is 1.17 bits per heavy atom. The van der Waals surface area contributed by atoms with Crippen molar-refractivity contribution in [3.63, 3.8) is 0 Å². The summed E-state index contributed by atoms with van der Waals surface area (Å²) < 4.78 is 6.79. The first-order chi connectivity index (χ1) is 14.4. The predicted molar refractivity (Wildman–Crippen MR) is 108 cm³/mol. The molecule has 3 aromatic rings. The molecule has 7 nitrogen and oxygen atoms in total. The number of hydrogen-bond acceptors (Lipinski definition) is 6. The van der Waals surface area contributed by atoms with E-state index in [1.165, 1.54) is 5.56 Å². The van der Waals surface area contributed by atoms with Crippen molar-refractivity contribution in [3.05, 3.63) is 56.4 Å². The van der Waals surface area contributed by atoms with Crippen LogP contribution in [0.3, 0.4) is 0 Å². The number of fused-ring (bicyclic) bond motifs is 5. The molecule has 152 valence electrons. The molecule has 2 aromatic heterocycles. The van der Waals surface area contributed by atoms with E-state index < -0.39 is 11.6 Å². The van der Waals surface area contributed by atoms with Gasteiger partial charge in [0.1, 0.15) is 12.4 Å². The van der Waals surface area contributed by atoms with Gasteiger partial charge >= 0.3 is 5.97 Å². The summed E-state index contributed by atoms with van der Waals surface area (Å²) >= 11 is 0. The van der Waals surface area contributed by atoms with Gasteiger partial charge < -0.3 is 19.5 Å². The van der Waals surface area contributed by atoms with Gasteiger partial charge in [-0.1, -0.05) is 6.92 Å². The second-order valence-electron chi connectivity index (χ2n) is 8.37. The normalized spacial score (nSPS) is 21.2. The molecule has 0 bridgehead atoms. The van der Waals surface area contributed by atoms with Crippen LogP contribution in [0.1, 0.15) is 47.6 Å². The van der Waals surface area contributed by atoms with Gasteiger partial charge in [0.05, 0.1) is 29.0 Å². The first-order valence-electron chi connectivity index (χ1n) is 10.3. The Morgan fingerprint density at radius 3 is 2.80 bits per heavy atom. The second-order valence-corrected chi connectivity index (χ2v) is 8.37. The van der Waals surface area contributed by atoms with Crippen molar-refractivity contribution < 1.29 is 19.7 Å². The highest BCUT2D eigenvalue weighted by atomic mass is 16.6. The number of aromatic nitrogens is 2. The summed E-state index contributed by atoms with van der Waals surface area (Å²) in [5.74, 6) is -0.544. The van der Waals surface area contributed by atoms with Crippen LogP contribution in [0.4, 0.5) is 0 Å². The Hall–Kier alpha value is -3.19. The summed E-state index contributed by atoms with van der Waals surface area (Å²) in [5, 5.41) is 22.2. The van der Waals surface area contributed by atoms with Crippen molar-refractivity contribution in [2.24, 2.45) is 0 Å². The Bertz CT molecular complexity index is 1360. The molecule has 3 aliphatic rings. The van der Waals surface area contributed by atoms with Crippen molar-refractivity contribution in [1.29, 1.82) is 0 Å². The van der Waals surface area contributed by atoms with Crippen molar-refractivity contribution in [2.45, 2.75) is 51.4 Å². The Kier molecular flexibility index (Phi) is 3.35. The number of pyridine rings is 2. The molecule has 0 unspecified atom stereocenters. The zero-order valence-corrected chi connectivity index (χ0v) is 16.5. The van der Waals surface area contributed by atoms with Gasteiger partial charge in [-0.2, -0.15) is 0 Å². The van der Waals surface area contributed by atoms with Crippen LogP contribution >= 0.6 is 0 Å². The predicted octanol–water partition coefficient (Wildman–Crippen LogP) is 2.27. The number of carbonyl (C=O) groups excluding carboxylic acids is 1. The number of phenols is 1. The summed E-state index contributed by atoms with van der Waals surface area (Å²) in [6.45, 7) is 1.97. The highest BCUT2D eigenvalue weighted by Crippen LogP contribution is 2.42. The molecule has 1 aliphatic carbocycles. The Labute approximate surface area is 171 Å². The number of esters is 1. The number of cyclic esters (lactones) is 1. The molecule has 2 N–H and O–H groups in total. The largest absolute Gasteiger partial charge is 0.508 e. The van der Waals surface area contributed by atoms with Gasteiger partial charge in [0.25, 0.3) is 5.56 Å². The topological polar surface area (TPSA) is 102 Å². The maximum atomic E-state index is 13.3. The third-order valence-electron chi connectivity index (χ3n) is 6.84. The van der Waals surface area contributed by atoms with E-state index in [1.807, 2.05) is 0 Å². The molecule has 1 aromatic carbocycles. The van der Waals surface area contributed by atoms with E-state index in [0.29, 0.717) is 34.6 Å². The van der Waals surface area contributed by atoms with Crippen molar-refractivity contribution >= 4 is 16.9 Å². The molecule has 1 atom stereocenters. The highest BCUT2D eigenvalue weighted by molar-refractivity contribution is 5.92. The number of aryl methyl sites for hydroxylation is 2. The molecular formula is C23H20N2O5. The number of hydrogen-bond donors (Lipinski definition) is 2. The molecule has 0 saturated carbocycles. The molecule has 7 heteroatoms. The molecule has 4 heterocycles. The van der Waals surface area contributed by atoms with Crippen LogP contribution in [-0.2, 0) is 41.1 Å². The van der Waals surface area contributed by atoms with Crippen molar-refractivity contribution in [3.8, 4) is 17.1 Å². The van der Waals surface area contributed by atoms with Crippen molar-refractivity contribution in [2.75, 3.05) is 0 Å². The summed E-state index contributed by atoms with van der Waals surface area (Å²) in [5.41, 5.74) is 3.83. The Morgan fingerprint density at radius 2 is 2.00 bits per heavy atom. The summed E-state index contributed by atoms with van der Waals surface area (Å²) in [7, 11) is 0. The quantitative estimate of drug-likeness (QED) is 0.472. The van der Waals surface area contributed by atoms with Crippen LogP contribution in [0.25, 0.3) is 22.3 Å². The van der Waals surface area contributed by atoms with E-state index in [9.17, 15) is 19.8 Å². The summed E-state index contributed by atoms with van der Waals surface area (Å²) in [4.78, 5) is 30.4. The minimum atomic E-state index is -1.83. The number of aliphatic hydroxyl groups is 1. The maximum Gasteiger partial charge on any atom is 0.343 e. The van der Waals surface area contributed by atoms with E-state index in [4.69, 9.17) is 9.72 Å². The number of aromatic hydroxyl groups is 1. The SMILES string of the molecule is CC[C@@]1(O)C(=O)OCc2c1cc1n(c2=O)Cc2c-1nc1cc(O)cc3c1c2CCC3. The molecular weight excluding hydrogens is 384 g/mol. The van der Waals surface area contributed by atoms with E-state index in [1.54, 1.807) is 29.7 Å². The van der Waals surface area contributed by atoms with Gasteiger partial charge in [-0.25, -0.2) is 9.78 Å². The zero-order valence-electron chi connectivity index (χ0n) is 16.5. The van der Waals surface area contributed by atoms with Crippen LogP contribution in [-0.4, -0.2) is 25.7 Å². The molecule has 0 radical (unpaired) electrons. The second kappa shape index (κ2) is 5.70. The smallest absolute Gasteiger partial charge is 0.343 e. The van der Waals surface area contributed by atoms with Gasteiger partial charge in [0.2, 0.25) is 0 Å². The average molecular weight is 404 g/mol. The minimum Gasteiger partial charge on any atom is -0.508 e. The number of phenolic OH excluding ortho intramolecular Hbond substituents is 1. The zero-order chi connectivity index (χ0) is 20.8. The lowest BCUT2D eigenvalue weighted by atomic mass is 9.85. The number of nitrogens with zero attached hydrogens (tertiary/aromatic N) is 2. The molecule has 0 fully saturated rings. The highest BCUT2D eigenvalue weighted by Gasteiger charge is 2.45. The van der Waals surface area contributed by atoms with Crippen molar-refractivity contribution in [1.82, 2.24) is 9.55 Å².